The molecule has 3 rings (SSSR count). The number of methoxy groups -OCH3 is 3. The zero-order valence-electron chi connectivity index (χ0n) is 20.3. The van der Waals surface area contributed by atoms with E-state index in [1.165, 1.54) is 43.0 Å². The van der Waals surface area contributed by atoms with E-state index < -0.39 is 6.67 Å². The Kier molecular flexibility index (Phi) is 10.8. The number of hydrogen-bond acceptors (Lipinski definition) is 7. The number of amides is 1. The first-order chi connectivity index (χ1) is 17.0. The number of fused-ring (bicyclic) bond motifs is 1. The normalized spacial score (nSPS) is 13.2. The van der Waals surface area contributed by atoms with Gasteiger partial charge in [-0.1, -0.05) is 0 Å². The summed E-state index contributed by atoms with van der Waals surface area (Å²) in [6, 6.07) is 7.70. The monoisotopic (exact) mass is 686 g/mol. The average Bonchev–Trinajstić information content (AvgIpc) is 2.87. The molecule has 0 aromatic heterocycles. The Hall–Kier alpha value is -2.16. The Morgan fingerprint density at radius 3 is 2.40 bits per heavy atom. The summed E-state index contributed by atoms with van der Waals surface area (Å²) >= 11 is 1.44. The molecule has 0 fully saturated rings. The molecule has 0 saturated carbocycles. The van der Waals surface area contributed by atoms with Gasteiger partial charge < -0.3 is 9.47 Å². The molecule has 1 aliphatic heterocycles. The minimum atomic E-state index is -0.548. The van der Waals surface area contributed by atoms with Gasteiger partial charge in [-0.15, -0.1) is 0 Å². The summed E-state index contributed by atoms with van der Waals surface area (Å²) in [4.78, 5) is 15.3. The fourth-order valence-corrected chi connectivity index (χ4v) is 4.76. The van der Waals surface area contributed by atoms with Gasteiger partial charge >= 0.3 is 192 Å². The molecule has 1 heterocycles. The van der Waals surface area contributed by atoms with Crippen LogP contribution in [-0.4, -0.2) is 78.3 Å². The van der Waals surface area contributed by atoms with Crippen molar-refractivity contribution in [2.75, 3.05) is 67.5 Å². The molecule has 0 aliphatic carbocycles. The number of benzene rings is 2. The number of carbonyl (C=O) groups excluding carboxylic acids is 1. The molecule has 2 aromatic carbocycles. The van der Waals surface area contributed by atoms with Crippen LogP contribution in [0, 0.1) is 24.7 Å². The zero-order chi connectivity index (χ0) is 25.2. The van der Waals surface area contributed by atoms with Crippen LogP contribution in [0.5, 0.6) is 23.0 Å². The third-order valence-electron chi connectivity index (χ3n) is 5.69. The van der Waals surface area contributed by atoms with Gasteiger partial charge in [-0.3, -0.25) is 0 Å². The summed E-state index contributed by atoms with van der Waals surface area (Å²) in [6.45, 7) is 2.75. The third-order valence-corrected chi connectivity index (χ3v) is 6.54. The quantitative estimate of drug-likeness (QED) is 0.324. The van der Waals surface area contributed by atoms with Crippen LogP contribution in [0.4, 0.5) is 4.39 Å². The van der Waals surface area contributed by atoms with E-state index in [9.17, 15) is 9.18 Å². The Morgan fingerprint density at radius 1 is 1.00 bits per heavy atom. The van der Waals surface area contributed by atoms with Crippen LogP contribution >= 0.6 is 0 Å². The average molecular weight is 687 g/mol. The summed E-state index contributed by atoms with van der Waals surface area (Å²) in [5, 5.41) is 3.01. The molecule has 192 valence electrons. The number of rotatable bonds is 13. The van der Waals surface area contributed by atoms with E-state index in [0.717, 1.165) is 34.3 Å². The summed E-state index contributed by atoms with van der Waals surface area (Å²) in [5.74, 6) is 2.08. The number of carbonyl (C=O) groups is 1. The van der Waals surface area contributed by atoms with Gasteiger partial charge in [-0.25, -0.2) is 0 Å². The number of ether oxygens (including phenoxy) is 5. The molecule has 0 atom stereocenters. The van der Waals surface area contributed by atoms with E-state index in [0.29, 0.717) is 30.2 Å². The van der Waals surface area contributed by atoms with Crippen LogP contribution in [0.25, 0.3) is 0 Å². The molecule has 0 saturated heterocycles. The van der Waals surface area contributed by atoms with E-state index in [-0.39, 0.29) is 25.7 Å². The number of nitrogens with zero attached hydrogens (tertiary/aromatic N) is 1. The first-order valence-corrected chi connectivity index (χ1v) is 12.9. The fraction of sp³-hybridized carbons (Fsp3) is 0.480. The Bertz CT molecular complexity index is 1010. The Balaban J connectivity index is 1.60. The van der Waals surface area contributed by atoms with Crippen LogP contribution in [0.3, 0.4) is 0 Å². The van der Waals surface area contributed by atoms with Gasteiger partial charge in [-0.05, 0) is 0 Å². The SMILES string of the molecule is COc1cc2c(cc1OC)CN(CCNC(=O)c1cc([211At])cc(OC)c1OCCOCCF)CC2. The molecule has 0 bridgehead atoms. The van der Waals surface area contributed by atoms with E-state index in [2.05, 4.69) is 10.2 Å². The summed E-state index contributed by atoms with van der Waals surface area (Å²) in [5.41, 5.74) is 2.87. The zero-order valence-corrected chi connectivity index (χ0v) is 23.3. The molecule has 0 spiro atoms. The Labute approximate surface area is 220 Å². The van der Waals surface area contributed by atoms with Gasteiger partial charge in [0.15, 0.2) is 5.75 Å². The van der Waals surface area contributed by atoms with Crippen molar-refractivity contribution in [3.05, 3.63) is 41.0 Å². The van der Waals surface area contributed by atoms with E-state index >= 15 is 0 Å². The van der Waals surface area contributed by atoms with Crippen LogP contribution < -0.4 is 27.5 Å². The molecule has 0 radical (unpaired) electrons. The number of halogens is 1. The first-order valence-electron chi connectivity index (χ1n) is 11.4. The van der Waals surface area contributed by atoms with Crippen molar-refractivity contribution in [3.8, 4) is 23.0 Å². The first kappa shape index (κ1) is 27.4. The standard InChI is InChI=1S/C25H32AtFN2O6/c1-31-21-12-17-4-7-29(16-18(17)13-22(21)32-2)8-6-28-25(30)20-14-19(26)15-23(33-3)24(20)35-11-10-34-9-5-27/h12-15H,4-11,16H2,1-3H3,(H,28,30)/i26+1. The summed E-state index contributed by atoms with van der Waals surface area (Å²) in [7, 11) is 4.81. The third kappa shape index (κ3) is 7.42. The van der Waals surface area contributed by atoms with Gasteiger partial charge in [0.05, 0.1) is 14.2 Å². The van der Waals surface area contributed by atoms with Gasteiger partial charge in [0.25, 0.3) is 0 Å². The molecular weight excluding hydrogens is 654 g/mol. The van der Waals surface area contributed by atoms with E-state index in [1.807, 2.05) is 18.2 Å². The van der Waals surface area contributed by atoms with Crippen LogP contribution in [-0.2, 0) is 17.7 Å². The van der Waals surface area contributed by atoms with Crippen molar-refractivity contribution >= 4 is 9.18 Å². The van der Waals surface area contributed by atoms with Crippen molar-refractivity contribution in [3.63, 3.8) is 0 Å². The van der Waals surface area contributed by atoms with Crippen LogP contribution in [0.15, 0.2) is 24.3 Å². The number of hydrogen-bond donors (Lipinski definition) is 1. The van der Waals surface area contributed by atoms with Gasteiger partial charge in [0.1, 0.15) is 0 Å². The molecule has 8 nitrogen and oxygen atoms in total. The predicted octanol–water partition coefficient (Wildman–Crippen LogP) is 2.04. The van der Waals surface area contributed by atoms with E-state index in [4.69, 9.17) is 23.7 Å². The van der Waals surface area contributed by atoms with Gasteiger partial charge in [0, 0.05) is 0 Å². The van der Waals surface area contributed by atoms with Crippen molar-refractivity contribution in [1.29, 1.82) is 0 Å². The fourth-order valence-electron chi connectivity index (χ4n) is 3.95. The maximum absolute atomic E-state index is 13.0. The topological polar surface area (TPSA) is 78.5 Å². The van der Waals surface area contributed by atoms with Crippen molar-refractivity contribution in [2.24, 2.45) is 0 Å². The molecule has 2 aromatic rings. The van der Waals surface area contributed by atoms with Crippen molar-refractivity contribution < 1.29 is 57.6 Å². The van der Waals surface area contributed by atoms with Crippen LogP contribution in [0.2, 0.25) is 0 Å². The molecule has 10 heteroatoms. The number of alkyl halides is 1. The second-order valence-electron chi connectivity index (χ2n) is 7.89. The second-order valence-corrected chi connectivity index (χ2v) is 9.59. The summed E-state index contributed by atoms with van der Waals surface area (Å²) < 4.78 is 40.4. The minimum absolute atomic E-state index is 0.0191. The van der Waals surface area contributed by atoms with Gasteiger partial charge in [-0.2, -0.15) is 0 Å². The molecular formula is C25H32AtFN2O6. The molecule has 1 aliphatic rings. The number of nitrogens with one attached hydrogen (secondary N) is 1. The Morgan fingerprint density at radius 2 is 1.71 bits per heavy atom. The molecule has 1 N–H and O–H groups in total. The maximum atomic E-state index is 13.0. The molecule has 1 amide bonds. The second kappa shape index (κ2) is 13.8. The molecule has 0 unspecified atom stereocenters. The van der Waals surface area contributed by atoms with Crippen molar-refractivity contribution in [2.45, 2.75) is 13.0 Å². The summed E-state index contributed by atoms with van der Waals surface area (Å²) in [6.07, 6.45) is 0.906. The van der Waals surface area contributed by atoms with Gasteiger partial charge in [0.2, 0.25) is 0 Å². The molecule has 35 heavy (non-hydrogen) atoms. The van der Waals surface area contributed by atoms with E-state index in [1.54, 1.807) is 20.3 Å². The van der Waals surface area contributed by atoms with Crippen LogP contribution in [0.1, 0.15) is 21.5 Å². The predicted molar refractivity (Wildman–Crippen MR) is 126 cm³/mol. The van der Waals surface area contributed by atoms with Crippen molar-refractivity contribution in [1.82, 2.24) is 10.2 Å².